The lowest BCUT2D eigenvalue weighted by Crippen LogP contribution is -2.02. The van der Waals surface area contributed by atoms with E-state index in [0.717, 1.165) is 34.3 Å². The lowest BCUT2D eigenvalue weighted by atomic mass is 10.1. The van der Waals surface area contributed by atoms with E-state index in [1.54, 1.807) is 24.4 Å². The molecule has 0 saturated carbocycles. The first-order valence-corrected chi connectivity index (χ1v) is 14.7. The zero-order valence-electron chi connectivity index (χ0n) is 21.2. The van der Waals surface area contributed by atoms with Gasteiger partial charge in [0.05, 0.1) is 0 Å². The lowest BCUT2D eigenvalue weighted by Gasteiger charge is -2.05. The van der Waals surface area contributed by atoms with Gasteiger partial charge in [0.15, 0.2) is 0 Å². The summed E-state index contributed by atoms with van der Waals surface area (Å²) in [5.74, 6) is 1.08. The van der Waals surface area contributed by atoms with Gasteiger partial charge in [0, 0.05) is 41.0 Å². The normalized spacial score (nSPS) is 9.72. The predicted molar refractivity (Wildman–Crippen MR) is 162 cm³/mol. The third-order valence-electron chi connectivity index (χ3n) is 4.14. The summed E-state index contributed by atoms with van der Waals surface area (Å²) < 4.78 is 27.1. The van der Waals surface area contributed by atoms with Crippen LogP contribution in [0.15, 0.2) is 66.1 Å². The van der Waals surface area contributed by atoms with Crippen molar-refractivity contribution in [1.82, 2.24) is 19.9 Å². The number of phenolic OH excluding ortho intramolecular Hbond substituents is 1. The first-order valence-electron chi connectivity index (χ1n) is 10.7. The number of rotatable bonds is 3. The van der Waals surface area contributed by atoms with E-state index < -0.39 is 9.84 Å². The number of hydrogen-bond acceptors (Lipinski definition) is 10. The Morgan fingerprint density at radius 2 is 1.21 bits per heavy atom. The molecule has 210 valence electrons. The van der Waals surface area contributed by atoms with Crippen LogP contribution in [0, 0.1) is 27.7 Å². The number of sulfone groups is 1. The number of benzene rings is 2. The first kappa shape index (κ1) is 36.2. The highest BCUT2D eigenvalue weighted by Gasteiger charge is 2.09. The molecule has 4 aromatic rings. The minimum atomic E-state index is -3.33. The molecule has 0 spiro atoms. The van der Waals surface area contributed by atoms with Crippen molar-refractivity contribution < 1.29 is 18.3 Å². The van der Waals surface area contributed by atoms with E-state index in [4.69, 9.17) is 33.0 Å². The van der Waals surface area contributed by atoms with Crippen molar-refractivity contribution in [2.24, 2.45) is 0 Å². The Morgan fingerprint density at radius 3 is 1.59 bits per heavy atom. The Bertz CT molecular complexity index is 1390. The van der Waals surface area contributed by atoms with Gasteiger partial charge in [-0.25, -0.2) is 23.4 Å². The molecular weight excluding hydrogens is 599 g/mol. The summed E-state index contributed by atoms with van der Waals surface area (Å²) in [6.45, 7) is 7.96. The van der Waals surface area contributed by atoms with Gasteiger partial charge in [0.25, 0.3) is 0 Å². The topological polar surface area (TPSA) is 115 Å². The number of aryl methyl sites for hydroxylation is 4. The summed E-state index contributed by atoms with van der Waals surface area (Å²) in [5, 5.41) is 9.24. The molecule has 0 saturated heterocycles. The highest BCUT2D eigenvalue weighted by atomic mass is 35.5. The second kappa shape index (κ2) is 17.7. The summed E-state index contributed by atoms with van der Waals surface area (Å²) in [4.78, 5) is 15.0. The molecule has 4 rings (SSSR count). The third kappa shape index (κ3) is 14.8. The minimum absolute atomic E-state index is 0. The molecule has 0 atom stereocenters. The fraction of sp³-hybridized carbons (Fsp3) is 0.231. The van der Waals surface area contributed by atoms with Crippen molar-refractivity contribution in [3.63, 3.8) is 0 Å². The molecule has 0 aliphatic rings. The molecule has 39 heavy (non-hydrogen) atoms. The van der Waals surface area contributed by atoms with Gasteiger partial charge in [-0.3, -0.25) is 0 Å². The Kier molecular flexibility index (Phi) is 16.4. The molecule has 0 aliphatic carbocycles. The van der Waals surface area contributed by atoms with Gasteiger partial charge in [-0.15, -0.1) is 0 Å². The van der Waals surface area contributed by atoms with Crippen molar-refractivity contribution in [2.45, 2.75) is 40.3 Å². The Balaban J connectivity index is 0.000000554. The molecule has 13 heteroatoms. The highest BCUT2D eigenvalue weighted by Crippen LogP contribution is 2.21. The standard InChI is InChI=1S/C12H11ClN2O.C8H10O.C5H5ClN2O2S.CH4.S2/c1-8-5-9(2)7-10(6-8)16-12-14-4-3-11(13)15-12;1-6-3-7(2)5-8(9)4-6;1-11(9,10)5-7-3-2-4(6)8-5;;1-2/h3-7H,1-2H3;3-5,9H,1-2H3;2-3H,1H3;1H4;. The van der Waals surface area contributed by atoms with Crippen molar-refractivity contribution in [2.75, 3.05) is 6.26 Å². The van der Waals surface area contributed by atoms with E-state index in [0.29, 0.717) is 10.9 Å². The molecular formula is C26H30Cl2N4O4S3. The maximum absolute atomic E-state index is 10.8. The Hall–Kier alpha value is -2.83. The van der Waals surface area contributed by atoms with Gasteiger partial charge >= 0.3 is 6.01 Å². The second-order valence-corrected chi connectivity index (χ2v) is 10.6. The summed E-state index contributed by atoms with van der Waals surface area (Å²) in [6, 6.07) is 14.7. The molecule has 0 radical (unpaired) electrons. The fourth-order valence-corrected chi connectivity index (χ4v) is 3.75. The average Bonchev–Trinajstić information content (AvgIpc) is 2.79. The Morgan fingerprint density at radius 1 is 0.769 bits per heavy atom. The smallest absolute Gasteiger partial charge is 0.323 e. The number of phenols is 1. The zero-order chi connectivity index (χ0) is 28.9. The summed E-state index contributed by atoms with van der Waals surface area (Å²) in [6.07, 6.45) is 3.89. The van der Waals surface area contributed by atoms with Crippen molar-refractivity contribution in [3.05, 3.63) is 93.5 Å². The molecule has 0 bridgehead atoms. The fourth-order valence-electron chi connectivity index (χ4n) is 2.92. The van der Waals surface area contributed by atoms with Gasteiger partial charge < -0.3 is 9.84 Å². The van der Waals surface area contributed by atoms with Gasteiger partial charge in [-0.2, -0.15) is 4.98 Å². The molecule has 1 N–H and O–H groups in total. The molecule has 8 nitrogen and oxygen atoms in total. The van der Waals surface area contributed by atoms with Crippen LogP contribution in [-0.4, -0.2) is 39.7 Å². The molecule has 2 aromatic carbocycles. The Labute approximate surface area is 250 Å². The van der Waals surface area contributed by atoms with Crippen LogP contribution in [0.25, 0.3) is 0 Å². The van der Waals surface area contributed by atoms with Crippen LogP contribution in [0.4, 0.5) is 0 Å². The van der Waals surface area contributed by atoms with Gasteiger partial charge in [-0.1, -0.05) is 42.8 Å². The molecule has 0 amide bonds. The molecule has 0 fully saturated rings. The maximum atomic E-state index is 10.8. The number of hydrogen-bond donors (Lipinski definition) is 1. The van der Waals surface area contributed by atoms with Gasteiger partial charge in [-0.05, 0) is 86.3 Å². The van der Waals surface area contributed by atoms with E-state index >= 15 is 0 Å². The summed E-state index contributed by atoms with van der Waals surface area (Å²) in [7, 11) is -3.33. The quantitative estimate of drug-likeness (QED) is 0.194. The number of aromatic nitrogens is 4. The first-order chi connectivity index (χ1) is 17.8. The van der Waals surface area contributed by atoms with E-state index in [1.165, 1.54) is 12.3 Å². The van der Waals surface area contributed by atoms with Crippen molar-refractivity contribution >= 4 is 55.4 Å². The van der Waals surface area contributed by atoms with Crippen LogP contribution in [0.1, 0.15) is 29.7 Å². The number of nitrogens with zero attached hydrogens (tertiary/aromatic N) is 4. The van der Waals surface area contributed by atoms with E-state index in [-0.39, 0.29) is 23.7 Å². The summed E-state index contributed by atoms with van der Waals surface area (Å²) in [5.41, 5.74) is 4.48. The van der Waals surface area contributed by atoms with Crippen LogP contribution in [0.3, 0.4) is 0 Å². The monoisotopic (exact) mass is 628 g/mol. The summed E-state index contributed by atoms with van der Waals surface area (Å²) >= 11 is 18.5. The van der Waals surface area contributed by atoms with Crippen LogP contribution >= 0.6 is 23.2 Å². The molecule has 0 aliphatic heterocycles. The van der Waals surface area contributed by atoms with Crippen LogP contribution in [0.5, 0.6) is 17.5 Å². The number of ether oxygens (including phenoxy) is 1. The zero-order valence-corrected chi connectivity index (χ0v) is 25.2. The lowest BCUT2D eigenvalue weighted by molar-refractivity contribution is 0.441. The number of halogens is 2. The number of aromatic hydroxyl groups is 1. The molecule has 0 unspecified atom stereocenters. The predicted octanol–water partition coefficient (Wildman–Crippen LogP) is 6.71. The van der Waals surface area contributed by atoms with Gasteiger partial charge in [0.2, 0.25) is 15.0 Å². The largest absolute Gasteiger partial charge is 0.508 e. The average molecular weight is 630 g/mol. The minimum Gasteiger partial charge on any atom is -0.508 e. The molecule has 2 aromatic heterocycles. The maximum Gasteiger partial charge on any atom is 0.323 e. The van der Waals surface area contributed by atoms with Crippen molar-refractivity contribution in [1.29, 1.82) is 0 Å². The van der Waals surface area contributed by atoms with Crippen molar-refractivity contribution in [3.8, 4) is 17.5 Å². The second-order valence-electron chi connectivity index (χ2n) is 7.87. The van der Waals surface area contributed by atoms with Gasteiger partial charge in [0.1, 0.15) is 21.8 Å². The van der Waals surface area contributed by atoms with E-state index in [9.17, 15) is 8.42 Å². The highest BCUT2D eigenvalue weighted by molar-refractivity contribution is 8.07. The van der Waals surface area contributed by atoms with Crippen LogP contribution in [-0.2, 0) is 32.2 Å². The third-order valence-corrected chi connectivity index (χ3v) is 5.42. The van der Waals surface area contributed by atoms with E-state index in [1.807, 2.05) is 45.9 Å². The van der Waals surface area contributed by atoms with Crippen LogP contribution < -0.4 is 4.74 Å². The SMILES string of the molecule is C.CS(=O)(=O)c1nccc(Cl)n1.Cc1cc(C)cc(O)c1.Cc1cc(C)cc(Oc2nccc(Cl)n2)c1.S=S. The van der Waals surface area contributed by atoms with Crippen LogP contribution in [0.2, 0.25) is 10.3 Å². The molecule has 2 heterocycles. The van der Waals surface area contributed by atoms with E-state index in [2.05, 4.69) is 48.4 Å².